The lowest BCUT2D eigenvalue weighted by atomic mass is 10.7. The third-order valence-electron chi connectivity index (χ3n) is 1.36. The number of rotatable bonds is 2. The van der Waals surface area contributed by atoms with Crippen LogP contribution in [0.2, 0.25) is 0 Å². The molecule has 0 saturated heterocycles. The minimum atomic E-state index is -0.968. The molecule has 1 aromatic heterocycles. The van der Waals surface area contributed by atoms with Crippen LogP contribution in [0.1, 0.15) is 6.92 Å². The minimum Gasteiger partial charge on any atom is -0.480 e. The zero-order valence-corrected chi connectivity index (χ0v) is 7.97. The van der Waals surface area contributed by atoms with E-state index < -0.39 is 5.97 Å². The first-order valence-electron chi connectivity index (χ1n) is 4.03. The number of aromatic nitrogens is 2. The van der Waals surface area contributed by atoms with Crippen LogP contribution in [-0.2, 0) is 18.4 Å². The number of aryl methyl sites for hydroxylation is 2. The smallest absolute Gasteiger partial charge is 0.317 e. The SMILES string of the molecule is CCn1cc[n+](C)c1.NCC(=O)O. The highest BCUT2D eigenvalue weighted by Crippen LogP contribution is 1.79. The van der Waals surface area contributed by atoms with E-state index in [4.69, 9.17) is 5.11 Å². The summed E-state index contributed by atoms with van der Waals surface area (Å²) in [5, 5.41) is 7.60. The van der Waals surface area contributed by atoms with Gasteiger partial charge in [0.1, 0.15) is 12.4 Å². The Kier molecular flexibility index (Phi) is 5.54. The molecule has 0 aliphatic carbocycles. The molecule has 0 amide bonds. The van der Waals surface area contributed by atoms with E-state index in [1.165, 1.54) is 0 Å². The molecule has 5 heteroatoms. The molecule has 3 N–H and O–H groups in total. The Morgan fingerprint density at radius 3 is 2.38 bits per heavy atom. The van der Waals surface area contributed by atoms with Crippen molar-refractivity contribution in [3.8, 4) is 0 Å². The van der Waals surface area contributed by atoms with Gasteiger partial charge in [0, 0.05) is 0 Å². The maximum atomic E-state index is 9.24. The fourth-order valence-corrected chi connectivity index (χ4v) is 0.689. The Morgan fingerprint density at radius 1 is 1.69 bits per heavy atom. The number of carboxylic acid groups (broad SMARTS) is 1. The van der Waals surface area contributed by atoms with Gasteiger partial charge < -0.3 is 10.8 Å². The molecule has 1 rings (SSSR count). The first-order valence-corrected chi connectivity index (χ1v) is 4.03. The van der Waals surface area contributed by atoms with Gasteiger partial charge in [0.05, 0.1) is 20.1 Å². The maximum absolute atomic E-state index is 9.24. The van der Waals surface area contributed by atoms with Crippen molar-refractivity contribution in [2.24, 2.45) is 12.8 Å². The summed E-state index contributed by atoms with van der Waals surface area (Å²) in [7, 11) is 2.02. The van der Waals surface area contributed by atoms with Gasteiger partial charge in [-0.3, -0.25) is 4.79 Å². The Morgan fingerprint density at radius 2 is 2.23 bits per heavy atom. The lowest BCUT2D eigenvalue weighted by Crippen LogP contribution is -2.23. The van der Waals surface area contributed by atoms with E-state index in [9.17, 15) is 4.79 Å². The third-order valence-corrected chi connectivity index (χ3v) is 1.36. The van der Waals surface area contributed by atoms with Gasteiger partial charge in [-0.05, 0) is 6.92 Å². The zero-order valence-electron chi connectivity index (χ0n) is 7.97. The van der Waals surface area contributed by atoms with E-state index in [1.54, 1.807) is 0 Å². The van der Waals surface area contributed by atoms with Crippen LogP contribution in [0.15, 0.2) is 18.7 Å². The molecule has 0 aromatic carbocycles. The molecule has 0 aliphatic heterocycles. The van der Waals surface area contributed by atoms with E-state index in [2.05, 4.69) is 29.7 Å². The van der Waals surface area contributed by atoms with Crippen molar-refractivity contribution in [1.29, 1.82) is 0 Å². The average Bonchev–Trinajstić information content (AvgIpc) is 2.52. The van der Waals surface area contributed by atoms with Crippen molar-refractivity contribution in [3.63, 3.8) is 0 Å². The highest BCUT2D eigenvalue weighted by Gasteiger charge is 1.92. The van der Waals surface area contributed by atoms with Gasteiger partial charge in [-0.2, -0.15) is 0 Å². The molecule has 0 radical (unpaired) electrons. The summed E-state index contributed by atoms with van der Waals surface area (Å²) in [4.78, 5) is 9.24. The lowest BCUT2D eigenvalue weighted by molar-refractivity contribution is -0.671. The highest BCUT2D eigenvalue weighted by atomic mass is 16.4. The summed E-state index contributed by atoms with van der Waals surface area (Å²) < 4.78 is 4.16. The fraction of sp³-hybridized carbons (Fsp3) is 0.500. The number of imidazole rings is 1. The standard InChI is InChI=1S/C6H11N2.C2H5NO2/c1-3-8-5-4-7(2)6-8;3-1-2(4)5/h4-6H,3H2,1-2H3;1,3H2,(H,4,5)/q+1;. The number of nitrogens with zero attached hydrogens (tertiary/aromatic N) is 2. The summed E-state index contributed by atoms with van der Waals surface area (Å²) in [6, 6.07) is 0. The van der Waals surface area contributed by atoms with Crippen LogP contribution in [-0.4, -0.2) is 22.2 Å². The molecule has 5 nitrogen and oxygen atoms in total. The summed E-state index contributed by atoms with van der Waals surface area (Å²) in [6.07, 6.45) is 6.14. The first kappa shape index (κ1) is 11.6. The number of aliphatic carboxylic acids is 1. The van der Waals surface area contributed by atoms with Gasteiger partial charge in [-0.1, -0.05) is 0 Å². The highest BCUT2D eigenvalue weighted by molar-refractivity contribution is 5.68. The molecule has 0 atom stereocenters. The predicted molar refractivity (Wildman–Crippen MR) is 48.0 cm³/mol. The normalized spacial score (nSPS) is 8.85. The Bertz CT molecular complexity index is 258. The number of hydrogen-bond acceptors (Lipinski definition) is 2. The number of nitrogens with two attached hydrogens (primary N) is 1. The van der Waals surface area contributed by atoms with Crippen LogP contribution in [0, 0.1) is 0 Å². The van der Waals surface area contributed by atoms with E-state index in [-0.39, 0.29) is 6.54 Å². The molecule has 0 spiro atoms. The second-order valence-electron chi connectivity index (χ2n) is 2.51. The molecule has 0 aliphatic rings. The molecule has 1 aromatic rings. The molecule has 0 unspecified atom stereocenters. The Balaban J connectivity index is 0.000000252. The second kappa shape index (κ2) is 6.19. The topological polar surface area (TPSA) is 72.1 Å². The van der Waals surface area contributed by atoms with Crippen molar-refractivity contribution in [3.05, 3.63) is 18.7 Å². The molecule has 13 heavy (non-hydrogen) atoms. The van der Waals surface area contributed by atoms with Crippen LogP contribution in [0.3, 0.4) is 0 Å². The lowest BCUT2D eigenvalue weighted by Gasteiger charge is -1.81. The molecular formula is C8H16N3O2+. The van der Waals surface area contributed by atoms with Crippen molar-refractivity contribution in [1.82, 2.24) is 4.57 Å². The monoisotopic (exact) mass is 186 g/mol. The van der Waals surface area contributed by atoms with Crippen LogP contribution in [0.4, 0.5) is 0 Å². The summed E-state index contributed by atoms with van der Waals surface area (Å²) in [5.74, 6) is -0.968. The van der Waals surface area contributed by atoms with Gasteiger partial charge in [0.2, 0.25) is 6.33 Å². The number of carbonyl (C=O) groups is 1. The predicted octanol–water partition coefficient (Wildman–Crippen LogP) is -0.638. The summed E-state index contributed by atoms with van der Waals surface area (Å²) >= 11 is 0. The van der Waals surface area contributed by atoms with Crippen molar-refractivity contribution in [2.45, 2.75) is 13.5 Å². The summed E-state index contributed by atoms with van der Waals surface area (Å²) in [6.45, 7) is 2.90. The van der Waals surface area contributed by atoms with Gasteiger partial charge in [-0.15, -0.1) is 0 Å². The van der Waals surface area contributed by atoms with Crippen LogP contribution in [0.25, 0.3) is 0 Å². The zero-order chi connectivity index (χ0) is 10.3. The van der Waals surface area contributed by atoms with Gasteiger partial charge in [0.15, 0.2) is 0 Å². The van der Waals surface area contributed by atoms with E-state index in [0.29, 0.717) is 0 Å². The molecule has 0 fully saturated rings. The maximum Gasteiger partial charge on any atom is 0.317 e. The second-order valence-corrected chi connectivity index (χ2v) is 2.51. The van der Waals surface area contributed by atoms with E-state index >= 15 is 0 Å². The van der Waals surface area contributed by atoms with Crippen LogP contribution in [0.5, 0.6) is 0 Å². The minimum absolute atomic E-state index is 0.278. The Labute approximate surface area is 77.4 Å². The fourth-order valence-electron chi connectivity index (χ4n) is 0.689. The molecule has 74 valence electrons. The van der Waals surface area contributed by atoms with Crippen LogP contribution < -0.4 is 10.3 Å². The first-order chi connectivity index (χ1) is 6.10. The molecule has 0 bridgehead atoms. The third kappa shape index (κ3) is 5.86. The van der Waals surface area contributed by atoms with Gasteiger partial charge in [0.25, 0.3) is 0 Å². The summed E-state index contributed by atoms with van der Waals surface area (Å²) in [5.41, 5.74) is 4.57. The largest absolute Gasteiger partial charge is 0.480 e. The van der Waals surface area contributed by atoms with Crippen molar-refractivity contribution >= 4 is 5.97 Å². The molecular weight excluding hydrogens is 170 g/mol. The molecule has 1 heterocycles. The quantitative estimate of drug-likeness (QED) is 0.604. The van der Waals surface area contributed by atoms with Crippen molar-refractivity contribution < 1.29 is 14.5 Å². The van der Waals surface area contributed by atoms with Gasteiger partial charge in [-0.25, -0.2) is 9.13 Å². The molecule has 0 saturated carbocycles. The Hall–Kier alpha value is -1.36. The van der Waals surface area contributed by atoms with Gasteiger partial charge >= 0.3 is 5.97 Å². The van der Waals surface area contributed by atoms with Crippen LogP contribution >= 0.6 is 0 Å². The van der Waals surface area contributed by atoms with E-state index in [1.807, 2.05) is 17.8 Å². The van der Waals surface area contributed by atoms with E-state index in [0.717, 1.165) is 6.54 Å². The number of carboxylic acids is 1. The number of hydrogen-bond donors (Lipinski definition) is 2. The average molecular weight is 186 g/mol. The van der Waals surface area contributed by atoms with Crippen molar-refractivity contribution in [2.75, 3.05) is 6.54 Å².